The number of halogens is 1. The highest BCUT2D eigenvalue weighted by atomic mass is 79.9. The summed E-state index contributed by atoms with van der Waals surface area (Å²) >= 11 is 3.99. The van der Waals surface area contributed by atoms with Crippen LogP contribution in [0.15, 0.2) is 54.6 Å². The number of carbonyl (C=O) groups is 2. The standard InChI is InChI=1S/C26H27BrO3/c27-26-13-18-10-19(14-26)12-25(11-18,17-26)15-24(29)30-16-23(28)22-8-6-21(7-9-22)20-4-2-1-3-5-20/h1-9,18-19H,10-17H2/t18-,19-,25?,26?/m1/s1. The number of benzene rings is 2. The van der Waals surface area contributed by atoms with E-state index in [9.17, 15) is 9.59 Å². The van der Waals surface area contributed by atoms with Gasteiger partial charge in [-0.05, 0) is 66.9 Å². The van der Waals surface area contributed by atoms with Crippen molar-refractivity contribution in [2.75, 3.05) is 6.61 Å². The molecule has 0 amide bonds. The topological polar surface area (TPSA) is 43.4 Å². The largest absolute Gasteiger partial charge is 0.457 e. The molecule has 0 N–H and O–H groups in total. The quantitative estimate of drug-likeness (QED) is 0.289. The molecule has 3 nitrogen and oxygen atoms in total. The molecule has 2 aromatic carbocycles. The van der Waals surface area contributed by atoms with Crippen LogP contribution in [-0.2, 0) is 9.53 Å². The van der Waals surface area contributed by atoms with Gasteiger partial charge in [-0.25, -0.2) is 0 Å². The number of rotatable bonds is 6. The number of alkyl halides is 1. The highest BCUT2D eigenvalue weighted by Crippen LogP contribution is 2.65. The molecule has 0 saturated heterocycles. The first kappa shape index (κ1) is 20.0. The SMILES string of the molecule is O=C(CC12C[C@H]3C[C@@H](CC(Br)(C3)C1)C2)OCC(=O)c1ccc(-c2ccccc2)cc1. The highest BCUT2D eigenvalue weighted by Gasteiger charge is 2.57. The van der Waals surface area contributed by atoms with Crippen LogP contribution in [0.5, 0.6) is 0 Å². The van der Waals surface area contributed by atoms with E-state index in [2.05, 4.69) is 15.9 Å². The lowest BCUT2D eigenvalue weighted by atomic mass is 9.49. The minimum atomic E-state index is -0.220. The second-order valence-electron chi connectivity index (χ2n) is 9.82. The summed E-state index contributed by atoms with van der Waals surface area (Å²) in [4.78, 5) is 25.1. The van der Waals surface area contributed by atoms with E-state index >= 15 is 0 Å². The third-order valence-corrected chi connectivity index (χ3v) is 8.24. The first-order valence-electron chi connectivity index (χ1n) is 11.0. The monoisotopic (exact) mass is 466 g/mol. The van der Waals surface area contributed by atoms with Gasteiger partial charge >= 0.3 is 5.97 Å². The van der Waals surface area contributed by atoms with Gasteiger partial charge in [-0.2, -0.15) is 0 Å². The highest BCUT2D eigenvalue weighted by molar-refractivity contribution is 9.10. The van der Waals surface area contributed by atoms with Crippen molar-refractivity contribution < 1.29 is 14.3 Å². The van der Waals surface area contributed by atoms with E-state index in [0.29, 0.717) is 12.0 Å². The molecule has 0 aliphatic heterocycles. The van der Waals surface area contributed by atoms with Crippen LogP contribution < -0.4 is 0 Å². The Morgan fingerprint density at radius 1 is 0.900 bits per heavy atom. The number of ether oxygens (including phenoxy) is 1. The maximum absolute atomic E-state index is 12.6. The molecule has 2 aromatic rings. The number of esters is 1. The van der Waals surface area contributed by atoms with Gasteiger partial charge in [-0.1, -0.05) is 70.5 Å². The maximum Gasteiger partial charge on any atom is 0.306 e. The van der Waals surface area contributed by atoms with Crippen molar-refractivity contribution in [3.63, 3.8) is 0 Å². The molecule has 0 heterocycles. The van der Waals surface area contributed by atoms with E-state index in [1.54, 1.807) is 0 Å². The first-order chi connectivity index (χ1) is 14.4. The van der Waals surface area contributed by atoms with Gasteiger partial charge in [0.25, 0.3) is 0 Å². The van der Waals surface area contributed by atoms with Gasteiger partial charge in [0.1, 0.15) is 0 Å². The van der Waals surface area contributed by atoms with E-state index in [4.69, 9.17) is 4.74 Å². The smallest absolute Gasteiger partial charge is 0.306 e. The minimum absolute atomic E-state index is 0.0745. The number of hydrogen-bond acceptors (Lipinski definition) is 3. The second kappa shape index (κ2) is 7.64. The summed E-state index contributed by atoms with van der Waals surface area (Å²) in [5.74, 6) is 1.11. The summed E-state index contributed by atoms with van der Waals surface area (Å²) in [6.45, 7) is -0.175. The predicted octanol–water partition coefficient (Wildman–Crippen LogP) is 6.20. The van der Waals surface area contributed by atoms with E-state index in [1.165, 1.54) is 19.3 Å². The Labute approximate surface area is 186 Å². The Kier molecular flexibility index (Phi) is 5.09. The van der Waals surface area contributed by atoms with E-state index < -0.39 is 0 Å². The molecule has 0 aromatic heterocycles. The first-order valence-corrected chi connectivity index (χ1v) is 11.7. The fourth-order valence-corrected chi connectivity index (χ4v) is 8.12. The molecule has 156 valence electrons. The summed E-state index contributed by atoms with van der Waals surface area (Å²) < 4.78 is 5.67. The van der Waals surface area contributed by atoms with E-state index in [1.807, 2.05) is 54.6 Å². The Bertz CT molecular complexity index is 936. The lowest BCUT2D eigenvalue weighted by Gasteiger charge is -2.60. The molecule has 6 rings (SSSR count). The van der Waals surface area contributed by atoms with Crippen LogP contribution in [0.3, 0.4) is 0 Å². The molecule has 4 heteroatoms. The maximum atomic E-state index is 12.6. The summed E-state index contributed by atoms with van der Waals surface area (Å²) in [7, 11) is 0. The van der Waals surface area contributed by atoms with Gasteiger partial charge in [0.15, 0.2) is 12.4 Å². The molecule has 2 atom stereocenters. The molecule has 4 bridgehead atoms. The molecule has 30 heavy (non-hydrogen) atoms. The Morgan fingerprint density at radius 2 is 1.53 bits per heavy atom. The van der Waals surface area contributed by atoms with Crippen LogP contribution in [0.2, 0.25) is 0 Å². The van der Waals surface area contributed by atoms with Crippen LogP contribution in [0.4, 0.5) is 0 Å². The minimum Gasteiger partial charge on any atom is -0.457 e. The number of ketones is 1. The van der Waals surface area contributed by atoms with Crippen molar-refractivity contribution >= 4 is 27.7 Å². The average Bonchev–Trinajstić information content (AvgIpc) is 2.70. The third-order valence-electron chi connectivity index (χ3n) is 7.31. The van der Waals surface area contributed by atoms with Crippen molar-refractivity contribution in [3.05, 3.63) is 60.2 Å². The fourth-order valence-electron chi connectivity index (χ4n) is 6.61. The lowest BCUT2D eigenvalue weighted by Crippen LogP contribution is -2.53. The zero-order valence-corrected chi connectivity index (χ0v) is 18.7. The Hall–Kier alpha value is -1.94. The van der Waals surface area contributed by atoms with Gasteiger partial charge in [0, 0.05) is 9.89 Å². The van der Waals surface area contributed by atoms with E-state index in [0.717, 1.165) is 42.2 Å². The summed E-state index contributed by atoms with van der Waals surface area (Å²) in [6.07, 6.45) is 7.61. The Morgan fingerprint density at radius 3 is 2.17 bits per heavy atom. The van der Waals surface area contributed by atoms with Crippen molar-refractivity contribution in [1.29, 1.82) is 0 Å². The number of carbonyl (C=O) groups excluding carboxylic acids is 2. The summed E-state index contributed by atoms with van der Waals surface area (Å²) in [6, 6.07) is 17.6. The lowest BCUT2D eigenvalue weighted by molar-refractivity contribution is -0.149. The number of hydrogen-bond donors (Lipinski definition) is 0. The third kappa shape index (κ3) is 3.99. The summed E-state index contributed by atoms with van der Waals surface area (Å²) in [5.41, 5.74) is 2.83. The molecule has 4 fully saturated rings. The average molecular weight is 467 g/mol. The van der Waals surface area contributed by atoms with Gasteiger partial charge in [-0.15, -0.1) is 0 Å². The molecular weight excluding hydrogens is 440 g/mol. The molecule has 4 aliphatic rings. The molecule has 4 aliphatic carbocycles. The normalized spacial score (nSPS) is 31.5. The van der Waals surface area contributed by atoms with Crippen molar-refractivity contribution in [3.8, 4) is 11.1 Å². The van der Waals surface area contributed by atoms with Gasteiger partial charge in [0.2, 0.25) is 0 Å². The zero-order valence-electron chi connectivity index (χ0n) is 17.1. The van der Waals surface area contributed by atoms with E-state index in [-0.39, 0.29) is 28.1 Å². The molecule has 0 unspecified atom stereocenters. The van der Waals surface area contributed by atoms with Gasteiger partial charge in [-0.3, -0.25) is 9.59 Å². The zero-order chi connectivity index (χ0) is 20.8. The molecule has 4 saturated carbocycles. The van der Waals surface area contributed by atoms with Crippen LogP contribution >= 0.6 is 15.9 Å². The van der Waals surface area contributed by atoms with Crippen LogP contribution in [0.1, 0.15) is 55.3 Å². The van der Waals surface area contributed by atoms with Crippen LogP contribution in [-0.4, -0.2) is 22.7 Å². The van der Waals surface area contributed by atoms with Gasteiger partial charge < -0.3 is 4.74 Å². The Balaban J connectivity index is 1.17. The predicted molar refractivity (Wildman–Crippen MR) is 121 cm³/mol. The van der Waals surface area contributed by atoms with Crippen LogP contribution in [0.25, 0.3) is 11.1 Å². The fraction of sp³-hybridized carbons (Fsp3) is 0.462. The van der Waals surface area contributed by atoms with Crippen molar-refractivity contribution in [2.24, 2.45) is 17.3 Å². The van der Waals surface area contributed by atoms with Gasteiger partial charge in [0.05, 0.1) is 6.42 Å². The number of Topliss-reactive ketones (excluding diaryl/α,β-unsaturated/α-hetero) is 1. The summed E-state index contributed by atoms with van der Waals surface area (Å²) in [5, 5.41) is 0. The van der Waals surface area contributed by atoms with Crippen molar-refractivity contribution in [2.45, 2.75) is 49.3 Å². The van der Waals surface area contributed by atoms with Crippen molar-refractivity contribution in [1.82, 2.24) is 0 Å². The molecular formula is C26H27BrO3. The van der Waals surface area contributed by atoms with Crippen LogP contribution in [0, 0.1) is 17.3 Å². The molecule has 0 spiro atoms. The second-order valence-corrected chi connectivity index (χ2v) is 11.5. The molecule has 0 radical (unpaired) electrons.